The van der Waals surface area contributed by atoms with Gasteiger partial charge in [-0.3, -0.25) is 4.79 Å². The molecule has 3 aromatic rings. The molecule has 0 aliphatic carbocycles. The van der Waals surface area contributed by atoms with E-state index in [-0.39, 0.29) is 17.4 Å². The van der Waals surface area contributed by atoms with Crippen molar-refractivity contribution in [1.29, 1.82) is 0 Å². The second kappa shape index (κ2) is 8.66. The Labute approximate surface area is 183 Å². The maximum atomic E-state index is 15.0. The second-order valence-corrected chi connectivity index (χ2v) is 8.48. The standard InChI is InChI=1S/C23H21ClFNO3S/c1-28-19-11-14-8-9-26(21(27)12-15-5-4-10-30-15)23(16(14)13-20(19)29-2)22-17(24)6-3-7-18(22)25/h3-7,10-11,13,23H,8-9,12H2,1-2H3. The average Bonchev–Trinajstić information content (AvgIpc) is 3.25. The van der Waals surface area contributed by atoms with Gasteiger partial charge in [-0.2, -0.15) is 0 Å². The predicted molar refractivity (Wildman–Crippen MR) is 116 cm³/mol. The number of benzene rings is 2. The molecule has 1 aliphatic rings. The van der Waals surface area contributed by atoms with Crippen LogP contribution < -0.4 is 9.47 Å². The number of nitrogens with zero attached hydrogens (tertiary/aromatic N) is 1. The molecule has 4 nitrogen and oxygen atoms in total. The first-order valence-corrected chi connectivity index (χ1v) is 10.8. The highest BCUT2D eigenvalue weighted by molar-refractivity contribution is 7.10. The highest BCUT2D eigenvalue weighted by Gasteiger charge is 2.36. The number of ether oxygens (including phenoxy) is 2. The van der Waals surface area contributed by atoms with Crippen LogP contribution in [0.2, 0.25) is 5.02 Å². The summed E-state index contributed by atoms with van der Waals surface area (Å²) in [5.74, 6) is 0.625. The third-order valence-electron chi connectivity index (χ3n) is 5.37. The van der Waals surface area contributed by atoms with E-state index in [1.54, 1.807) is 31.3 Å². The first-order valence-electron chi connectivity index (χ1n) is 9.54. The van der Waals surface area contributed by atoms with Crippen LogP contribution in [0.15, 0.2) is 47.8 Å². The molecule has 1 aromatic heterocycles. The number of fused-ring (bicyclic) bond motifs is 1. The van der Waals surface area contributed by atoms with E-state index >= 15 is 0 Å². The van der Waals surface area contributed by atoms with Crippen molar-refractivity contribution in [1.82, 2.24) is 4.90 Å². The van der Waals surface area contributed by atoms with Gasteiger partial charge in [0, 0.05) is 22.0 Å². The van der Waals surface area contributed by atoms with Crippen LogP contribution in [-0.2, 0) is 17.6 Å². The minimum absolute atomic E-state index is 0.0674. The number of carbonyl (C=O) groups is 1. The van der Waals surface area contributed by atoms with Crippen molar-refractivity contribution in [3.05, 3.63) is 80.3 Å². The molecule has 2 heterocycles. The van der Waals surface area contributed by atoms with Crippen LogP contribution in [0.25, 0.3) is 0 Å². The van der Waals surface area contributed by atoms with Crippen molar-refractivity contribution >= 4 is 28.8 Å². The highest BCUT2D eigenvalue weighted by Crippen LogP contribution is 2.43. The lowest BCUT2D eigenvalue weighted by Gasteiger charge is -2.38. The summed E-state index contributed by atoms with van der Waals surface area (Å²) < 4.78 is 25.9. The van der Waals surface area contributed by atoms with Crippen LogP contribution in [0.3, 0.4) is 0 Å². The van der Waals surface area contributed by atoms with Crippen LogP contribution in [-0.4, -0.2) is 31.6 Å². The molecule has 4 rings (SSSR count). The van der Waals surface area contributed by atoms with Gasteiger partial charge in [-0.25, -0.2) is 4.39 Å². The third-order valence-corrected chi connectivity index (χ3v) is 6.58. The van der Waals surface area contributed by atoms with Crippen LogP contribution in [0.4, 0.5) is 4.39 Å². The van der Waals surface area contributed by atoms with E-state index in [4.69, 9.17) is 21.1 Å². The zero-order valence-electron chi connectivity index (χ0n) is 16.7. The Hall–Kier alpha value is -2.57. The molecule has 1 unspecified atom stereocenters. The van der Waals surface area contributed by atoms with Gasteiger partial charge in [-0.1, -0.05) is 23.7 Å². The van der Waals surface area contributed by atoms with E-state index in [9.17, 15) is 9.18 Å². The normalized spacial score (nSPS) is 15.6. The SMILES string of the molecule is COc1cc2c(cc1OC)C(c1c(F)cccc1Cl)N(C(=O)Cc1cccs1)CC2. The van der Waals surface area contributed by atoms with Crippen molar-refractivity contribution in [3.8, 4) is 11.5 Å². The zero-order chi connectivity index (χ0) is 21.3. The smallest absolute Gasteiger partial charge is 0.228 e. The van der Waals surface area contributed by atoms with Crippen molar-refractivity contribution in [3.63, 3.8) is 0 Å². The number of hydrogen-bond acceptors (Lipinski definition) is 4. The molecule has 0 fully saturated rings. The molecule has 7 heteroatoms. The number of halogens is 2. The fourth-order valence-corrected chi connectivity index (χ4v) is 4.92. The van der Waals surface area contributed by atoms with Crippen LogP contribution in [0.5, 0.6) is 11.5 Å². The number of hydrogen-bond donors (Lipinski definition) is 0. The quantitative estimate of drug-likeness (QED) is 0.536. The summed E-state index contributed by atoms with van der Waals surface area (Å²) in [5, 5.41) is 2.23. The number of carbonyl (C=O) groups excluding carboxylic acids is 1. The molecule has 0 spiro atoms. The van der Waals surface area contributed by atoms with Gasteiger partial charge in [0.05, 0.1) is 26.7 Å². The molecule has 1 amide bonds. The van der Waals surface area contributed by atoms with Gasteiger partial charge >= 0.3 is 0 Å². The Morgan fingerprint density at radius 2 is 1.97 bits per heavy atom. The molecular formula is C23H21ClFNO3S. The second-order valence-electron chi connectivity index (χ2n) is 7.04. The summed E-state index contributed by atoms with van der Waals surface area (Å²) in [5.41, 5.74) is 2.08. The van der Waals surface area contributed by atoms with Crippen molar-refractivity contribution in [2.24, 2.45) is 0 Å². The summed E-state index contributed by atoms with van der Waals surface area (Å²) in [6, 6.07) is 11.5. The van der Waals surface area contributed by atoms with E-state index in [1.807, 2.05) is 29.6 Å². The fourth-order valence-electron chi connectivity index (χ4n) is 3.96. The number of methoxy groups -OCH3 is 2. The highest BCUT2D eigenvalue weighted by atomic mass is 35.5. The molecule has 156 valence electrons. The molecule has 0 saturated heterocycles. The van der Waals surface area contributed by atoms with Crippen LogP contribution in [0, 0.1) is 5.82 Å². The van der Waals surface area contributed by atoms with E-state index in [2.05, 4.69) is 0 Å². The lowest BCUT2D eigenvalue weighted by atomic mass is 9.87. The maximum Gasteiger partial charge on any atom is 0.228 e. The molecule has 0 saturated carbocycles. The molecule has 1 aliphatic heterocycles. The fraction of sp³-hybridized carbons (Fsp3) is 0.261. The molecule has 0 N–H and O–H groups in total. The molecule has 0 radical (unpaired) electrons. The minimum atomic E-state index is -0.644. The van der Waals surface area contributed by atoms with Crippen molar-refractivity contribution in [2.75, 3.05) is 20.8 Å². The summed E-state index contributed by atoms with van der Waals surface area (Å²) in [6.45, 7) is 0.460. The Morgan fingerprint density at radius 1 is 1.20 bits per heavy atom. The van der Waals surface area contributed by atoms with Crippen molar-refractivity contribution < 1.29 is 18.7 Å². The zero-order valence-corrected chi connectivity index (χ0v) is 18.2. The molecular weight excluding hydrogens is 425 g/mol. The van der Waals surface area contributed by atoms with E-state index in [0.717, 1.165) is 16.0 Å². The average molecular weight is 446 g/mol. The molecule has 1 atom stereocenters. The molecule has 30 heavy (non-hydrogen) atoms. The summed E-state index contributed by atoms with van der Waals surface area (Å²) in [7, 11) is 3.13. The lowest BCUT2D eigenvalue weighted by Crippen LogP contribution is -2.41. The minimum Gasteiger partial charge on any atom is -0.493 e. The Kier molecular flexibility index (Phi) is 5.97. The van der Waals surface area contributed by atoms with Gasteiger partial charge in [0.1, 0.15) is 5.82 Å². The van der Waals surface area contributed by atoms with Gasteiger partial charge in [0.2, 0.25) is 5.91 Å². The van der Waals surface area contributed by atoms with Gasteiger partial charge in [0.15, 0.2) is 11.5 Å². The lowest BCUT2D eigenvalue weighted by molar-refractivity contribution is -0.132. The van der Waals surface area contributed by atoms with Gasteiger partial charge in [-0.15, -0.1) is 11.3 Å². The first kappa shape index (κ1) is 20.7. The molecule has 0 bridgehead atoms. The van der Waals surface area contributed by atoms with E-state index in [1.165, 1.54) is 17.4 Å². The largest absolute Gasteiger partial charge is 0.493 e. The van der Waals surface area contributed by atoms with Gasteiger partial charge < -0.3 is 14.4 Å². The van der Waals surface area contributed by atoms with E-state index < -0.39 is 11.9 Å². The van der Waals surface area contributed by atoms with Gasteiger partial charge in [-0.05, 0) is 53.3 Å². The monoisotopic (exact) mass is 445 g/mol. The summed E-state index contributed by atoms with van der Waals surface area (Å²) in [6.07, 6.45) is 0.900. The van der Waals surface area contributed by atoms with Gasteiger partial charge in [0.25, 0.3) is 0 Å². The maximum absolute atomic E-state index is 15.0. The predicted octanol–water partition coefficient (Wildman–Crippen LogP) is 5.27. The number of amides is 1. The molecule has 2 aromatic carbocycles. The Bertz CT molecular complexity index is 1050. The number of thiophene rings is 1. The summed E-state index contributed by atoms with van der Waals surface area (Å²) in [4.78, 5) is 16.0. The Balaban J connectivity index is 1.85. The first-order chi connectivity index (χ1) is 14.5. The Morgan fingerprint density at radius 3 is 2.63 bits per heavy atom. The number of rotatable bonds is 5. The topological polar surface area (TPSA) is 38.8 Å². The van der Waals surface area contributed by atoms with Crippen molar-refractivity contribution in [2.45, 2.75) is 18.9 Å². The van der Waals surface area contributed by atoms with Crippen LogP contribution in [0.1, 0.15) is 27.6 Å². The summed E-state index contributed by atoms with van der Waals surface area (Å²) >= 11 is 7.97. The van der Waals surface area contributed by atoms with E-state index in [0.29, 0.717) is 30.0 Å². The third kappa shape index (κ3) is 3.77. The van der Waals surface area contributed by atoms with Crippen LogP contribution >= 0.6 is 22.9 Å².